The molecule has 1 atom stereocenters. The fourth-order valence-electron chi connectivity index (χ4n) is 2.45. The minimum atomic E-state index is -0.450. The van der Waals surface area contributed by atoms with Crippen molar-refractivity contribution in [1.82, 2.24) is 15.1 Å². The second kappa shape index (κ2) is 5.15. The molecule has 4 nitrogen and oxygen atoms in total. The molecular formula is C15H19N3O. The molecule has 0 spiro atoms. The molecule has 1 aliphatic carbocycles. The van der Waals surface area contributed by atoms with Gasteiger partial charge < -0.3 is 10.4 Å². The monoisotopic (exact) mass is 257 g/mol. The van der Waals surface area contributed by atoms with Crippen LogP contribution in [-0.2, 0) is 12.1 Å². The molecule has 1 unspecified atom stereocenters. The summed E-state index contributed by atoms with van der Waals surface area (Å²) in [5, 5.41) is 17.9. The van der Waals surface area contributed by atoms with Gasteiger partial charge >= 0.3 is 0 Å². The molecule has 19 heavy (non-hydrogen) atoms. The standard InChI is InChI=1S/C15H19N3O/c19-12-15(17-14-7-8-14,11-18-10-4-9-16-18)13-5-2-1-3-6-13/h1-6,9-10,14,17,19H,7-8,11-12H2. The van der Waals surface area contributed by atoms with Crippen LogP contribution < -0.4 is 5.32 Å². The summed E-state index contributed by atoms with van der Waals surface area (Å²) in [6.07, 6.45) is 6.08. The number of aliphatic hydroxyl groups is 1. The Balaban J connectivity index is 1.92. The van der Waals surface area contributed by atoms with Crippen LogP contribution in [0.3, 0.4) is 0 Å². The molecule has 0 bridgehead atoms. The predicted octanol–water partition coefficient (Wildman–Crippen LogP) is 1.52. The summed E-state index contributed by atoms with van der Waals surface area (Å²) in [6.45, 7) is 0.699. The number of aromatic nitrogens is 2. The summed E-state index contributed by atoms with van der Waals surface area (Å²) in [7, 11) is 0. The average Bonchev–Trinajstić information content (AvgIpc) is 3.12. The third kappa shape index (κ3) is 2.69. The van der Waals surface area contributed by atoms with Crippen LogP contribution in [-0.4, -0.2) is 27.5 Å². The Labute approximate surface area is 113 Å². The lowest BCUT2D eigenvalue weighted by Gasteiger charge is -2.34. The Morgan fingerprint density at radius 1 is 1.26 bits per heavy atom. The summed E-state index contributed by atoms with van der Waals surface area (Å²) in [6, 6.07) is 12.6. The Morgan fingerprint density at radius 3 is 2.63 bits per heavy atom. The Kier molecular flexibility index (Phi) is 3.36. The number of rotatable bonds is 6. The van der Waals surface area contributed by atoms with Crippen LogP contribution in [0, 0.1) is 0 Å². The maximum Gasteiger partial charge on any atom is 0.0869 e. The topological polar surface area (TPSA) is 50.1 Å². The van der Waals surface area contributed by atoms with E-state index in [-0.39, 0.29) is 6.61 Å². The fourth-order valence-corrected chi connectivity index (χ4v) is 2.45. The van der Waals surface area contributed by atoms with Crippen molar-refractivity contribution in [2.24, 2.45) is 0 Å². The van der Waals surface area contributed by atoms with Crippen molar-refractivity contribution in [3.63, 3.8) is 0 Å². The van der Waals surface area contributed by atoms with Gasteiger partial charge in [0.2, 0.25) is 0 Å². The first-order valence-electron chi connectivity index (χ1n) is 6.74. The van der Waals surface area contributed by atoms with Gasteiger partial charge in [-0.05, 0) is 24.5 Å². The lowest BCUT2D eigenvalue weighted by atomic mass is 9.90. The number of nitrogens with zero attached hydrogens (tertiary/aromatic N) is 2. The second-order valence-electron chi connectivity index (χ2n) is 5.23. The molecule has 1 heterocycles. The normalized spacial score (nSPS) is 18.2. The van der Waals surface area contributed by atoms with Gasteiger partial charge in [0.05, 0.1) is 18.7 Å². The fraction of sp³-hybridized carbons (Fsp3) is 0.400. The summed E-state index contributed by atoms with van der Waals surface area (Å²) in [5.41, 5.74) is 0.661. The van der Waals surface area contributed by atoms with E-state index < -0.39 is 5.54 Å². The molecule has 1 aromatic carbocycles. The van der Waals surface area contributed by atoms with E-state index in [9.17, 15) is 5.11 Å². The molecular weight excluding hydrogens is 238 g/mol. The van der Waals surface area contributed by atoms with E-state index in [1.807, 2.05) is 35.1 Å². The summed E-state index contributed by atoms with van der Waals surface area (Å²) >= 11 is 0. The molecule has 2 N–H and O–H groups in total. The molecule has 1 fully saturated rings. The van der Waals surface area contributed by atoms with E-state index in [0.717, 1.165) is 5.56 Å². The van der Waals surface area contributed by atoms with Crippen molar-refractivity contribution in [1.29, 1.82) is 0 Å². The minimum absolute atomic E-state index is 0.0629. The molecule has 100 valence electrons. The van der Waals surface area contributed by atoms with Gasteiger partial charge in [-0.15, -0.1) is 0 Å². The first kappa shape index (κ1) is 12.4. The Morgan fingerprint density at radius 2 is 2.05 bits per heavy atom. The third-order valence-electron chi connectivity index (χ3n) is 3.65. The lowest BCUT2D eigenvalue weighted by Crippen LogP contribution is -2.50. The van der Waals surface area contributed by atoms with Crippen molar-refractivity contribution in [3.8, 4) is 0 Å². The van der Waals surface area contributed by atoms with Gasteiger partial charge in [0.1, 0.15) is 0 Å². The first-order chi connectivity index (χ1) is 9.32. The Bertz CT molecular complexity index is 507. The van der Waals surface area contributed by atoms with Crippen molar-refractivity contribution in [3.05, 3.63) is 54.4 Å². The van der Waals surface area contributed by atoms with Crippen LogP contribution >= 0.6 is 0 Å². The zero-order valence-electron chi connectivity index (χ0n) is 10.9. The molecule has 4 heteroatoms. The van der Waals surface area contributed by atoms with Crippen molar-refractivity contribution in [2.45, 2.75) is 31.0 Å². The molecule has 1 aliphatic rings. The number of hydrogen-bond acceptors (Lipinski definition) is 3. The number of nitrogens with one attached hydrogen (secondary N) is 1. The number of aliphatic hydroxyl groups excluding tert-OH is 1. The molecule has 1 saturated carbocycles. The molecule has 0 saturated heterocycles. The maximum atomic E-state index is 10.0. The smallest absolute Gasteiger partial charge is 0.0869 e. The van der Waals surface area contributed by atoms with Gasteiger partial charge in [0.15, 0.2) is 0 Å². The van der Waals surface area contributed by atoms with E-state index in [4.69, 9.17) is 0 Å². The maximum absolute atomic E-state index is 10.0. The van der Waals surface area contributed by atoms with Crippen LogP contribution in [0.1, 0.15) is 18.4 Å². The second-order valence-corrected chi connectivity index (χ2v) is 5.23. The summed E-state index contributed by atoms with van der Waals surface area (Å²) in [4.78, 5) is 0. The van der Waals surface area contributed by atoms with Crippen LogP contribution in [0.15, 0.2) is 48.8 Å². The van der Waals surface area contributed by atoms with Crippen LogP contribution in [0.4, 0.5) is 0 Å². The Hall–Kier alpha value is -1.65. The zero-order chi connectivity index (χ0) is 13.1. The highest BCUT2D eigenvalue weighted by Crippen LogP contribution is 2.29. The first-order valence-corrected chi connectivity index (χ1v) is 6.74. The number of hydrogen-bond donors (Lipinski definition) is 2. The molecule has 2 aromatic rings. The molecule has 3 rings (SSSR count). The van der Waals surface area contributed by atoms with Gasteiger partial charge in [-0.25, -0.2) is 0 Å². The van der Waals surface area contributed by atoms with E-state index in [0.29, 0.717) is 12.6 Å². The number of benzene rings is 1. The largest absolute Gasteiger partial charge is 0.394 e. The minimum Gasteiger partial charge on any atom is -0.394 e. The van der Waals surface area contributed by atoms with E-state index in [2.05, 4.69) is 22.5 Å². The highest BCUT2D eigenvalue weighted by Gasteiger charge is 2.37. The third-order valence-corrected chi connectivity index (χ3v) is 3.65. The van der Waals surface area contributed by atoms with Crippen molar-refractivity contribution < 1.29 is 5.11 Å². The highest BCUT2D eigenvalue weighted by molar-refractivity contribution is 5.25. The lowest BCUT2D eigenvalue weighted by molar-refractivity contribution is 0.135. The van der Waals surface area contributed by atoms with Gasteiger partial charge in [-0.3, -0.25) is 4.68 Å². The van der Waals surface area contributed by atoms with Gasteiger partial charge in [-0.2, -0.15) is 5.10 Å². The molecule has 0 radical (unpaired) electrons. The van der Waals surface area contributed by atoms with Gasteiger partial charge in [0, 0.05) is 18.4 Å². The molecule has 0 amide bonds. The SMILES string of the molecule is OCC(Cn1cccn1)(NC1CC1)c1ccccc1. The van der Waals surface area contributed by atoms with Gasteiger partial charge in [0.25, 0.3) is 0 Å². The molecule has 0 aliphatic heterocycles. The van der Waals surface area contributed by atoms with E-state index >= 15 is 0 Å². The highest BCUT2D eigenvalue weighted by atomic mass is 16.3. The summed E-state index contributed by atoms with van der Waals surface area (Å²) < 4.78 is 1.87. The molecule has 1 aromatic heterocycles. The van der Waals surface area contributed by atoms with Crippen molar-refractivity contribution in [2.75, 3.05) is 6.61 Å². The quantitative estimate of drug-likeness (QED) is 0.825. The average molecular weight is 257 g/mol. The van der Waals surface area contributed by atoms with Crippen LogP contribution in [0.2, 0.25) is 0 Å². The predicted molar refractivity (Wildman–Crippen MR) is 73.6 cm³/mol. The van der Waals surface area contributed by atoms with E-state index in [1.54, 1.807) is 6.20 Å². The van der Waals surface area contributed by atoms with E-state index in [1.165, 1.54) is 12.8 Å². The van der Waals surface area contributed by atoms with Crippen LogP contribution in [0.5, 0.6) is 0 Å². The summed E-state index contributed by atoms with van der Waals surface area (Å²) in [5.74, 6) is 0. The zero-order valence-corrected chi connectivity index (χ0v) is 10.9. The van der Waals surface area contributed by atoms with Crippen LogP contribution in [0.25, 0.3) is 0 Å². The van der Waals surface area contributed by atoms with Gasteiger partial charge in [-0.1, -0.05) is 30.3 Å². The van der Waals surface area contributed by atoms with Crippen molar-refractivity contribution >= 4 is 0 Å².